The molecule has 0 spiro atoms. The molecule has 0 bridgehead atoms. The average Bonchev–Trinajstić information content (AvgIpc) is 2.86. The molecule has 6 heteroatoms. The lowest BCUT2D eigenvalue weighted by Gasteiger charge is -2.24. The predicted octanol–water partition coefficient (Wildman–Crippen LogP) is 2.34. The molecule has 1 aliphatic rings. The molecule has 1 heterocycles. The summed E-state index contributed by atoms with van der Waals surface area (Å²) in [6.45, 7) is 1.89. The zero-order valence-corrected chi connectivity index (χ0v) is 13.5. The number of nitrogens with zero attached hydrogens (tertiary/aromatic N) is 1. The molecule has 2 unspecified atom stereocenters. The van der Waals surface area contributed by atoms with Crippen molar-refractivity contribution in [3.05, 3.63) is 35.9 Å². The zero-order valence-electron chi connectivity index (χ0n) is 11.9. The summed E-state index contributed by atoms with van der Waals surface area (Å²) in [6.07, 6.45) is 0.922. The van der Waals surface area contributed by atoms with E-state index in [2.05, 4.69) is 12.1 Å². The van der Waals surface area contributed by atoms with E-state index < -0.39 is 12.0 Å². The number of carboxylic acid groups (broad SMARTS) is 1. The van der Waals surface area contributed by atoms with Crippen molar-refractivity contribution in [2.24, 2.45) is 0 Å². The van der Waals surface area contributed by atoms with Gasteiger partial charge in [-0.3, -0.25) is 4.79 Å². The summed E-state index contributed by atoms with van der Waals surface area (Å²) in [6, 6.07) is 9.47. The summed E-state index contributed by atoms with van der Waals surface area (Å²) in [5, 5.41) is 9.11. The molecule has 4 nitrogen and oxygen atoms in total. The van der Waals surface area contributed by atoms with Crippen molar-refractivity contribution in [2.75, 3.05) is 17.3 Å². The van der Waals surface area contributed by atoms with Crippen LogP contribution in [0.15, 0.2) is 30.3 Å². The van der Waals surface area contributed by atoms with Crippen LogP contribution in [-0.4, -0.2) is 50.6 Å². The van der Waals surface area contributed by atoms with Gasteiger partial charge in [-0.25, -0.2) is 4.79 Å². The van der Waals surface area contributed by atoms with E-state index in [0.717, 1.165) is 12.2 Å². The molecule has 21 heavy (non-hydrogen) atoms. The normalized spacial score (nSPS) is 21.5. The van der Waals surface area contributed by atoms with Gasteiger partial charge in [0.1, 0.15) is 6.04 Å². The van der Waals surface area contributed by atoms with Crippen LogP contribution in [0.3, 0.4) is 0 Å². The fourth-order valence-corrected chi connectivity index (χ4v) is 4.32. The van der Waals surface area contributed by atoms with Gasteiger partial charge in [0.05, 0.1) is 11.1 Å². The minimum Gasteiger partial charge on any atom is -0.480 e. The van der Waals surface area contributed by atoms with Crippen LogP contribution in [-0.2, 0) is 16.0 Å². The van der Waals surface area contributed by atoms with Crippen molar-refractivity contribution in [2.45, 2.75) is 24.8 Å². The van der Waals surface area contributed by atoms with E-state index in [1.807, 2.05) is 25.1 Å². The third-order valence-electron chi connectivity index (χ3n) is 3.40. The first-order valence-electron chi connectivity index (χ1n) is 6.87. The first-order chi connectivity index (χ1) is 10.1. The monoisotopic (exact) mass is 325 g/mol. The Labute approximate surface area is 133 Å². The molecule has 1 amide bonds. The van der Waals surface area contributed by atoms with Crippen LogP contribution >= 0.6 is 23.5 Å². The lowest BCUT2D eigenvalue weighted by Crippen LogP contribution is -2.45. The summed E-state index contributed by atoms with van der Waals surface area (Å²) in [7, 11) is 0. The smallest absolute Gasteiger partial charge is 0.327 e. The highest BCUT2D eigenvalue weighted by Crippen LogP contribution is 2.29. The highest BCUT2D eigenvalue weighted by atomic mass is 32.2. The topological polar surface area (TPSA) is 57.6 Å². The standard InChI is InChI=1S/C15H19NO3S2/c1-11-16(13(9-21-11)15(18)19)14(17)10-20-8-7-12-5-3-2-4-6-12/h2-6,11,13H,7-10H2,1H3,(H,18,19). The maximum absolute atomic E-state index is 12.2. The second-order valence-corrected chi connectivity index (χ2v) is 7.33. The Morgan fingerprint density at radius 2 is 2.10 bits per heavy atom. The number of hydrogen-bond donors (Lipinski definition) is 1. The van der Waals surface area contributed by atoms with E-state index in [-0.39, 0.29) is 11.3 Å². The van der Waals surface area contributed by atoms with Crippen LogP contribution in [0.2, 0.25) is 0 Å². The van der Waals surface area contributed by atoms with Gasteiger partial charge < -0.3 is 10.0 Å². The maximum atomic E-state index is 12.2. The third-order valence-corrected chi connectivity index (χ3v) is 5.56. The van der Waals surface area contributed by atoms with Gasteiger partial charge in [-0.2, -0.15) is 11.8 Å². The number of carbonyl (C=O) groups is 2. The minimum atomic E-state index is -0.908. The molecule has 0 aliphatic carbocycles. The first-order valence-corrected chi connectivity index (χ1v) is 9.07. The largest absolute Gasteiger partial charge is 0.480 e. The Bertz CT molecular complexity index is 495. The maximum Gasteiger partial charge on any atom is 0.327 e. The molecule has 1 aromatic carbocycles. The molecule has 1 aliphatic heterocycles. The second-order valence-electron chi connectivity index (χ2n) is 4.88. The van der Waals surface area contributed by atoms with Crippen LogP contribution in [0, 0.1) is 0 Å². The summed E-state index contributed by atoms with van der Waals surface area (Å²) < 4.78 is 0. The minimum absolute atomic E-state index is 0.0478. The van der Waals surface area contributed by atoms with Gasteiger partial charge >= 0.3 is 5.97 Å². The number of thioether (sulfide) groups is 2. The van der Waals surface area contributed by atoms with Crippen molar-refractivity contribution in [3.8, 4) is 0 Å². The molecule has 2 atom stereocenters. The molecule has 0 saturated carbocycles. The van der Waals surface area contributed by atoms with Gasteiger partial charge in [-0.1, -0.05) is 30.3 Å². The summed E-state index contributed by atoms with van der Waals surface area (Å²) in [4.78, 5) is 24.9. The molecule has 2 rings (SSSR count). The summed E-state index contributed by atoms with van der Waals surface area (Å²) in [5.74, 6) is 0.717. The van der Waals surface area contributed by atoms with Crippen LogP contribution in [0.25, 0.3) is 0 Å². The highest BCUT2D eigenvalue weighted by molar-refractivity contribution is 8.00. The lowest BCUT2D eigenvalue weighted by molar-refractivity contribution is -0.147. The summed E-state index contributed by atoms with van der Waals surface area (Å²) in [5.41, 5.74) is 1.26. The number of carbonyl (C=O) groups excluding carboxylic acids is 1. The molecule has 0 aromatic heterocycles. The van der Waals surface area contributed by atoms with E-state index in [0.29, 0.717) is 11.5 Å². The number of aryl methyl sites for hydroxylation is 1. The molecule has 1 saturated heterocycles. The van der Waals surface area contributed by atoms with E-state index in [4.69, 9.17) is 5.11 Å². The molecular formula is C15H19NO3S2. The summed E-state index contributed by atoms with van der Waals surface area (Å²) >= 11 is 3.09. The zero-order chi connectivity index (χ0) is 15.2. The van der Waals surface area contributed by atoms with E-state index in [9.17, 15) is 9.59 Å². The van der Waals surface area contributed by atoms with Gasteiger partial charge in [0.15, 0.2) is 0 Å². The number of aliphatic carboxylic acids is 1. The number of rotatable bonds is 6. The van der Waals surface area contributed by atoms with E-state index >= 15 is 0 Å². The van der Waals surface area contributed by atoms with E-state index in [1.54, 1.807) is 11.8 Å². The van der Waals surface area contributed by atoms with Crippen molar-refractivity contribution in [1.29, 1.82) is 0 Å². The quantitative estimate of drug-likeness (QED) is 0.814. The SMILES string of the molecule is CC1SCC(C(=O)O)N1C(=O)CSCCc1ccccc1. The molecule has 114 valence electrons. The molecular weight excluding hydrogens is 306 g/mol. The van der Waals surface area contributed by atoms with Gasteiger partial charge in [-0.15, -0.1) is 11.8 Å². The van der Waals surface area contributed by atoms with Crippen molar-refractivity contribution >= 4 is 35.4 Å². The second kappa shape index (κ2) is 7.75. The number of carboxylic acids is 1. The highest BCUT2D eigenvalue weighted by Gasteiger charge is 2.38. The molecule has 1 N–H and O–H groups in total. The fraction of sp³-hybridized carbons (Fsp3) is 0.467. The Hall–Kier alpha value is -1.14. The van der Waals surface area contributed by atoms with Crippen LogP contribution in [0.4, 0.5) is 0 Å². The Morgan fingerprint density at radius 3 is 2.76 bits per heavy atom. The Balaban J connectivity index is 1.77. The van der Waals surface area contributed by atoms with Crippen molar-refractivity contribution in [1.82, 2.24) is 4.90 Å². The van der Waals surface area contributed by atoms with Crippen LogP contribution < -0.4 is 0 Å². The molecule has 0 radical (unpaired) electrons. The predicted molar refractivity (Wildman–Crippen MR) is 87.7 cm³/mol. The fourth-order valence-electron chi connectivity index (χ4n) is 2.28. The van der Waals surface area contributed by atoms with Crippen LogP contribution in [0.5, 0.6) is 0 Å². The van der Waals surface area contributed by atoms with Crippen molar-refractivity contribution in [3.63, 3.8) is 0 Å². The van der Waals surface area contributed by atoms with Crippen molar-refractivity contribution < 1.29 is 14.7 Å². The third kappa shape index (κ3) is 4.41. The van der Waals surface area contributed by atoms with E-state index in [1.165, 1.54) is 22.2 Å². The number of amides is 1. The Morgan fingerprint density at radius 1 is 1.38 bits per heavy atom. The van der Waals surface area contributed by atoms with Gasteiger partial charge in [-0.05, 0) is 24.7 Å². The Kier molecular flexibility index (Phi) is 5.99. The molecule has 1 fully saturated rings. The number of hydrogen-bond acceptors (Lipinski definition) is 4. The molecule has 1 aromatic rings. The number of benzene rings is 1. The lowest BCUT2D eigenvalue weighted by atomic mass is 10.2. The average molecular weight is 325 g/mol. The van der Waals surface area contributed by atoms with Gasteiger partial charge in [0.2, 0.25) is 5.91 Å². The van der Waals surface area contributed by atoms with Gasteiger partial charge in [0, 0.05) is 5.75 Å². The van der Waals surface area contributed by atoms with Crippen LogP contribution in [0.1, 0.15) is 12.5 Å². The van der Waals surface area contributed by atoms with Gasteiger partial charge in [0.25, 0.3) is 0 Å². The first kappa shape index (κ1) is 16.2.